The fourth-order valence-electron chi connectivity index (χ4n) is 3.81. The molecule has 1 aromatic carbocycles. The molecule has 0 amide bonds. The number of halogens is 1. The van der Waals surface area contributed by atoms with E-state index in [1.165, 1.54) is 9.20 Å². The van der Waals surface area contributed by atoms with Crippen molar-refractivity contribution in [1.82, 2.24) is 19.4 Å². The molecule has 36 heavy (non-hydrogen) atoms. The third-order valence-corrected chi connectivity index (χ3v) is 5.72. The summed E-state index contributed by atoms with van der Waals surface area (Å²) in [6, 6.07) is 7.05. The minimum Gasteiger partial charge on any atom is -0.490 e. The average Bonchev–Trinajstić information content (AvgIpc) is 3.12. The molecule has 1 N–H and O–H groups in total. The van der Waals surface area contributed by atoms with Gasteiger partial charge in [0.05, 0.1) is 19.3 Å². The van der Waals surface area contributed by atoms with E-state index < -0.39 is 0 Å². The highest BCUT2D eigenvalue weighted by Crippen LogP contribution is 2.40. The molecule has 0 fully saturated rings. The molecule has 0 bridgehead atoms. The molecular weight excluding hydrogens is 482 g/mol. The van der Waals surface area contributed by atoms with Gasteiger partial charge in [0.2, 0.25) is 11.5 Å². The maximum atomic E-state index is 13.3. The van der Waals surface area contributed by atoms with E-state index in [2.05, 4.69) is 44.8 Å². The molecule has 0 aliphatic carbocycles. The first-order valence-electron chi connectivity index (χ1n) is 12.3. The second-order valence-electron chi connectivity index (χ2n) is 9.37. The van der Waals surface area contributed by atoms with Crippen molar-refractivity contribution in [3.63, 3.8) is 0 Å². The zero-order chi connectivity index (χ0) is 25.8. The number of nitrogens with zero attached hydrogens (tertiary/aromatic N) is 4. The highest BCUT2D eigenvalue weighted by Gasteiger charge is 2.25. The van der Waals surface area contributed by atoms with E-state index in [4.69, 9.17) is 19.6 Å². The van der Waals surface area contributed by atoms with Crippen molar-refractivity contribution >= 4 is 23.8 Å². The second-order valence-corrected chi connectivity index (χ2v) is 9.37. The maximum Gasteiger partial charge on any atom is 0.242 e. The topological polar surface area (TPSA) is 104 Å². The van der Waals surface area contributed by atoms with Crippen LogP contribution in [0.25, 0.3) is 5.65 Å². The van der Waals surface area contributed by atoms with E-state index in [1.807, 2.05) is 19.9 Å². The molecule has 0 aliphatic heterocycles. The summed E-state index contributed by atoms with van der Waals surface area (Å²) in [6.45, 7) is 15.0. The monoisotopic (exact) mass is 519 g/mol. The molecular formula is C26H38ClN5O4. The van der Waals surface area contributed by atoms with Crippen LogP contribution >= 0.6 is 12.4 Å². The summed E-state index contributed by atoms with van der Waals surface area (Å²) in [6.07, 6.45) is 1.79. The molecule has 0 saturated carbocycles. The number of fused-ring (bicyclic) bond motifs is 1. The lowest BCUT2D eigenvalue weighted by Gasteiger charge is -2.25. The van der Waals surface area contributed by atoms with E-state index in [0.29, 0.717) is 41.8 Å². The fraction of sp³-hybridized carbons (Fsp3) is 0.538. The van der Waals surface area contributed by atoms with Gasteiger partial charge in [0, 0.05) is 17.2 Å². The van der Waals surface area contributed by atoms with Gasteiger partial charge in [0.15, 0.2) is 22.9 Å². The number of benzene rings is 1. The Morgan fingerprint density at radius 3 is 2.28 bits per heavy atom. The zero-order valence-electron chi connectivity index (χ0n) is 22.3. The van der Waals surface area contributed by atoms with Gasteiger partial charge in [-0.15, -0.1) is 22.6 Å². The summed E-state index contributed by atoms with van der Waals surface area (Å²) in [5.74, 6) is 1.45. The van der Waals surface area contributed by atoms with Gasteiger partial charge in [-0.2, -0.15) is 4.52 Å². The summed E-state index contributed by atoms with van der Waals surface area (Å²) in [5.41, 5.74) is 1.58. The molecule has 0 saturated heterocycles. The van der Waals surface area contributed by atoms with E-state index in [-0.39, 0.29) is 41.9 Å². The van der Waals surface area contributed by atoms with Crippen LogP contribution in [0, 0.1) is 5.41 Å². The molecule has 3 aromatic rings. The first-order valence-corrected chi connectivity index (χ1v) is 12.3. The number of ether oxygens (including phenoxy) is 3. The lowest BCUT2D eigenvalue weighted by atomic mass is 9.84. The molecule has 0 atom stereocenters. The van der Waals surface area contributed by atoms with Gasteiger partial charge in [0.1, 0.15) is 6.54 Å². The van der Waals surface area contributed by atoms with E-state index in [9.17, 15) is 4.79 Å². The van der Waals surface area contributed by atoms with Crippen LogP contribution in [-0.4, -0.2) is 44.5 Å². The Labute approximate surface area is 218 Å². The van der Waals surface area contributed by atoms with Crippen LogP contribution in [0.3, 0.4) is 0 Å². The van der Waals surface area contributed by atoms with Gasteiger partial charge in [-0.3, -0.25) is 10.2 Å². The predicted molar refractivity (Wildman–Crippen MR) is 141 cm³/mol. The van der Waals surface area contributed by atoms with Gasteiger partial charge >= 0.3 is 0 Å². The number of carbonyl (C=O) groups is 1. The van der Waals surface area contributed by atoms with Crippen molar-refractivity contribution in [3.05, 3.63) is 41.0 Å². The van der Waals surface area contributed by atoms with Crippen LogP contribution in [0.2, 0.25) is 0 Å². The van der Waals surface area contributed by atoms with Crippen LogP contribution in [-0.2, 0) is 12.0 Å². The first-order chi connectivity index (χ1) is 16.6. The summed E-state index contributed by atoms with van der Waals surface area (Å²) in [4.78, 5) is 13.3. The Kier molecular flexibility index (Phi) is 9.93. The number of hydrogen-bond acceptors (Lipinski definition) is 7. The van der Waals surface area contributed by atoms with Crippen LogP contribution in [0.1, 0.15) is 77.2 Å². The maximum absolute atomic E-state index is 13.3. The van der Waals surface area contributed by atoms with Crippen LogP contribution in [0.15, 0.2) is 24.3 Å². The van der Waals surface area contributed by atoms with Crippen molar-refractivity contribution in [2.75, 3.05) is 13.2 Å². The van der Waals surface area contributed by atoms with Crippen LogP contribution in [0.5, 0.6) is 17.4 Å². The summed E-state index contributed by atoms with van der Waals surface area (Å²) in [7, 11) is 0. The molecule has 0 spiro atoms. The minimum absolute atomic E-state index is 0. The van der Waals surface area contributed by atoms with Crippen LogP contribution in [0.4, 0.5) is 0 Å². The van der Waals surface area contributed by atoms with Gasteiger partial charge < -0.3 is 14.2 Å². The highest BCUT2D eigenvalue weighted by molar-refractivity contribution is 5.97. The standard InChI is InChI=1S/C26H37N5O4.ClH/c1-8-18(9-2)35-23-13-12-22-28-30(25(27)31(22)29-23)16-20(32)17-14-19(26(5,6)7)24(34-11-4)21(15-17)33-10-3;/h12-15,18,27H,8-11,16H2,1-7H3;1H. The minimum atomic E-state index is -0.265. The molecule has 9 nitrogen and oxygen atoms in total. The summed E-state index contributed by atoms with van der Waals surface area (Å²) >= 11 is 0. The highest BCUT2D eigenvalue weighted by atomic mass is 35.5. The van der Waals surface area contributed by atoms with Crippen molar-refractivity contribution in [1.29, 1.82) is 5.41 Å². The number of ketones is 1. The summed E-state index contributed by atoms with van der Waals surface area (Å²) < 4.78 is 20.4. The lowest BCUT2D eigenvalue weighted by molar-refractivity contribution is 0.0965. The van der Waals surface area contributed by atoms with Gasteiger partial charge in [-0.25, -0.2) is 4.68 Å². The third kappa shape index (κ3) is 6.37. The molecule has 10 heteroatoms. The molecule has 3 rings (SSSR count). The van der Waals surface area contributed by atoms with Crippen molar-refractivity contribution in [2.45, 2.75) is 79.4 Å². The number of nitrogens with one attached hydrogen (secondary N) is 1. The Balaban J connectivity index is 0.00000456. The first kappa shape index (κ1) is 29.2. The quantitative estimate of drug-likeness (QED) is 0.358. The smallest absolute Gasteiger partial charge is 0.242 e. The zero-order valence-corrected chi connectivity index (χ0v) is 23.1. The Bertz CT molecular complexity index is 1240. The predicted octanol–water partition coefficient (Wildman–Crippen LogP) is 4.98. The van der Waals surface area contributed by atoms with Gasteiger partial charge in [-0.1, -0.05) is 34.6 Å². The van der Waals surface area contributed by atoms with Crippen LogP contribution < -0.4 is 19.8 Å². The van der Waals surface area contributed by atoms with Gasteiger partial charge in [0.25, 0.3) is 0 Å². The Morgan fingerprint density at radius 2 is 1.69 bits per heavy atom. The molecule has 2 heterocycles. The van der Waals surface area contributed by atoms with Crippen molar-refractivity contribution in [2.24, 2.45) is 0 Å². The Morgan fingerprint density at radius 1 is 1.03 bits per heavy atom. The number of hydrogen-bond donors (Lipinski definition) is 1. The largest absolute Gasteiger partial charge is 0.490 e. The second kappa shape index (κ2) is 12.3. The lowest BCUT2D eigenvalue weighted by Crippen LogP contribution is -2.27. The number of rotatable bonds is 11. The number of carbonyl (C=O) groups excluding carboxylic acids is 1. The van der Waals surface area contributed by atoms with Crippen molar-refractivity contribution < 1.29 is 19.0 Å². The number of aromatic nitrogens is 4. The third-order valence-electron chi connectivity index (χ3n) is 5.72. The normalized spacial score (nSPS) is 11.4. The molecule has 0 unspecified atom stereocenters. The Hall–Kier alpha value is -3.07. The van der Waals surface area contributed by atoms with E-state index >= 15 is 0 Å². The SMILES string of the molecule is CCOc1cc(C(=O)Cn2nc3ccc(OC(CC)CC)nn3c2=N)cc(C(C)(C)C)c1OCC.Cl. The molecule has 0 radical (unpaired) electrons. The average molecular weight is 520 g/mol. The summed E-state index contributed by atoms with van der Waals surface area (Å²) in [5, 5.41) is 17.3. The molecule has 2 aromatic heterocycles. The number of Topliss-reactive ketones (excluding diaryl/α,β-unsaturated/α-hetero) is 1. The van der Waals surface area contributed by atoms with E-state index in [0.717, 1.165) is 18.4 Å². The molecule has 198 valence electrons. The van der Waals surface area contributed by atoms with E-state index in [1.54, 1.807) is 18.2 Å². The fourth-order valence-corrected chi connectivity index (χ4v) is 3.81. The van der Waals surface area contributed by atoms with Gasteiger partial charge in [-0.05, 0) is 50.3 Å². The van der Waals surface area contributed by atoms with Crippen molar-refractivity contribution in [3.8, 4) is 17.4 Å². The molecule has 0 aliphatic rings.